The summed E-state index contributed by atoms with van der Waals surface area (Å²) in [6.45, 7) is 6.09. The SMILES string of the molecule is Cc1ccc(-n2c(SCc3cc(C)on3)nnc2N2CCCCC2)cc1. The van der Waals surface area contributed by atoms with E-state index in [0.717, 1.165) is 41.3 Å². The van der Waals surface area contributed by atoms with E-state index < -0.39 is 0 Å². The first kappa shape index (κ1) is 17.1. The summed E-state index contributed by atoms with van der Waals surface area (Å²) in [7, 11) is 0. The molecule has 3 heterocycles. The summed E-state index contributed by atoms with van der Waals surface area (Å²) < 4.78 is 7.34. The van der Waals surface area contributed by atoms with Crippen LogP contribution >= 0.6 is 11.8 Å². The maximum absolute atomic E-state index is 5.17. The molecule has 1 aliphatic rings. The smallest absolute Gasteiger partial charge is 0.232 e. The maximum atomic E-state index is 5.17. The molecule has 0 N–H and O–H groups in total. The standard InChI is InChI=1S/C19H23N5OS/c1-14-6-8-17(9-7-14)24-18(23-10-4-3-5-11-23)20-21-19(24)26-13-16-12-15(2)25-22-16/h6-9,12H,3-5,10-11,13H2,1-2H3. The Hall–Kier alpha value is -2.28. The van der Waals surface area contributed by atoms with Gasteiger partial charge >= 0.3 is 0 Å². The molecule has 4 rings (SSSR count). The van der Waals surface area contributed by atoms with E-state index in [-0.39, 0.29) is 0 Å². The van der Waals surface area contributed by atoms with Crippen molar-refractivity contribution >= 4 is 17.7 Å². The summed E-state index contributed by atoms with van der Waals surface area (Å²) in [5.41, 5.74) is 3.26. The lowest BCUT2D eigenvalue weighted by Crippen LogP contribution is -2.31. The van der Waals surface area contributed by atoms with Gasteiger partial charge in [0.15, 0.2) is 5.16 Å². The minimum Gasteiger partial charge on any atom is -0.361 e. The van der Waals surface area contributed by atoms with Crippen molar-refractivity contribution in [2.75, 3.05) is 18.0 Å². The van der Waals surface area contributed by atoms with Gasteiger partial charge in [0, 0.05) is 24.9 Å². The third-order valence-corrected chi connectivity index (χ3v) is 5.54. The highest BCUT2D eigenvalue weighted by Gasteiger charge is 2.21. The largest absolute Gasteiger partial charge is 0.361 e. The zero-order valence-electron chi connectivity index (χ0n) is 15.2. The minimum absolute atomic E-state index is 0.710. The lowest BCUT2D eigenvalue weighted by molar-refractivity contribution is 0.393. The van der Waals surface area contributed by atoms with Gasteiger partial charge < -0.3 is 9.42 Å². The molecule has 0 aliphatic carbocycles. The molecular weight excluding hydrogens is 346 g/mol. The van der Waals surface area contributed by atoms with Crippen molar-refractivity contribution in [3.63, 3.8) is 0 Å². The number of piperidine rings is 1. The third kappa shape index (κ3) is 3.62. The van der Waals surface area contributed by atoms with Crippen molar-refractivity contribution in [3.8, 4) is 5.69 Å². The van der Waals surface area contributed by atoms with Gasteiger partial charge in [-0.3, -0.25) is 4.57 Å². The summed E-state index contributed by atoms with van der Waals surface area (Å²) in [5, 5.41) is 14.0. The number of hydrogen-bond acceptors (Lipinski definition) is 6. The van der Waals surface area contributed by atoms with Gasteiger partial charge in [0.1, 0.15) is 5.76 Å². The first-order chi connectivity index (χ1) is 12.7. The normalized spacial score (nSPS) is 14.8. The average molecular weight is 369 g/mol. The topological polar surface area (TPSA) is 60.0 Å². The zero-order valence-corrected chi connectivity index (χ0v) is 16.0. The Balaban J connectivity index is 1.66. The van der Waals surface area contributed by atoms with Gasteiger partial charge in [0.05, 0.1) is 11.4 Å². The fraction of sp³-hybridized carbons (Fsp3) is 0.421. The monoisotopic (exact) mass is 369 g/mol. The first-order valence-electron chi connectivity index (χ1n) is 9.03. The molecule has 1 aromatic carbocycles. The fourth-order valence-corrected chi connectivity index (χ4v) is 4.03. The molecule has 6 nitrogen and oxygen atoms in total. The van der Waals surface area contributed by atoms with Crippen LogP contribution in [0.1, 0.15) is 36.3 Å². The van der Waals surface area contributed by atoms with Crippen LogP contribution in [0.5, 0.6) is 0 Å². The number of thioether (sulfide) groups is 1. The molecule has 0 spiro atoms. The van der Waals surface area contributed by atoms with E-state index in [2.05, 4.69) is 56.0 Å². The molecule has 0 unspecified atom stereocenters. The first-order valence-corrected chi connectivity index (χ1v) is 10.0. The lowest BCUT2D eigenvalue weighted by atomic mass is 10.1. The van der Waals surface area contributed by atoms with Gasteiger partial charge in [0.25, 0.3) is 0 Å². The lowest BCUT2D eigenvalue weighted by Gasteiger charge is -2.27. The highest BCUT2D eigenvalue weighted by Crippen LogP contribution is 2.30. The van der Waals surface area contributed by atoms with E-state index in [1.54, 1.807) is 11.8 Å². The van der Waals surface area contributed by atoms with Crippen molar-refractivity contribution in [3.05, 3.63) is 47.3 Å². The van der Waals surface area contributed by atoms with Gasteiger partial charge in [-0.2, -0.15) is 0 Å². The molecule has 1 saturated heterocycles. The molecule has 2 aromatic heterocycles. The average Bonchev–Trinajstić information content (AvgIpc) is 3.27. The molecule has 1 fully saturated rings. The molecular formula is C19H23N5OS. The van der Waals surface area contributed by atoms with Crippen LogP contribution in [0.3, 0.4) is 0 Å². The Bertz CT molecular complexity index is 864. The van der Waals surface area contributed by atoms with E-state index in [4.69, 9.17) is 4.52 Å². The quantitative estimate of drug-likeness (QED) is 0.630. The Morgan fingerprint density at radius 1 is 1.04 bits per heavy atom. The number of aryl methyl sites for hydroxylation is 2. The summed E-state index contributed by atoms with van der Waals surface area (Å²) in [4.78, 5) is 2.35. The van der Waals surface area contributed by atoms with Crippen molar-refractivity contribution in [2.24, 2.45) is 0 Å². The van der Waals surface area contributed by atoms with Crippen molar-refractivity contribution in [1.29, 1.82) is 0 Å². The highest BCUT2D eigenvalue weighted by atomic mass is 32.2. The number of hydrogen-bond donors (Lipinski definition) is 0. The van der Waals surface area contributed by atoms with Crippen molar-refractivity contribution < 1.29 is 4.52 Å². The molecule has 1 aliphatic heterocycles. The van der Waals surface area contributed by atoms with Crippen LogP contribution in [0, 0.1) is 13.8 Å². The van der Waals surface area contributed by atoms with Crippen LogP contribution in [0.4, 0.5) is 5.95 Å². The van der Waals surface area contributed by atoms with E-state index in [0.29, 0.717) is 5.75 Å². The van der Waals surface area contributed by atoms with Crippen LogP contribution in [0.2, 0.25) is 0 Å². The van der Waals surface area contributed by atoms with Crippen LogP contribution in [-0.2, 0) is 5.75 Å². The van der Waals surface area contributed by atoms with Crippen molar-refractivity contribution in [2.45, 2.75) is 44.0 Å². The molecule has 0 saturated carbocycles. The molecule has 136 valence electrons. The van der Waals surface area contributed by atoms with Gasteiger partial charge in [-0.15, -0.1) is 10.2 Å². The second-order valence-electron chi connectivity index (χ2n) is 6.72. The maximum Gasteiger partial charge on any atom is 0.232 e. The molecule has 26 heavy (non-hydrogen) atoms. The molecule has 0 radical (unpaired) electrons. The van der Waals surface area contributed by atoms with Crippen molar-refractivity contribution in [1.82, 2.24) is 19.9 Å². The van der Waals surface area contributed by atoms with Gasteiger partial charge in [-0.05, 0) is 45.2 Å². The Morgan fingerprint density at radius 2 is 1.81 bits per heavy atom. The molecule has 7 heteroatoms. The number of benzene rings is 1. The molecule has 0 atom stereocenters. The predicted octanol–water partition coefficient (Wildman–Crippen LogP) is 4.15. The van der Waals surface area contributed by atoms with E-state index in [9.17, 15) is 0 Å². The second kappa shape index (κ2) is 7.53. The van der Waals surface area contributed by atoms with Gasteiger partial charge in [-0.25, -0.2) is 0 Å². The summed E-state index contributed by atoms with van der Waals surface area (Å²) in [6.07, 6.45) is 3.71. The van der Waals surface area contributed by atoms with E-state index in [1.807, 2.05) is 13.0 Å². The molecule has 0 amide bonds. The number of aromatic nitrogens is 4. The van der Waals surface area contributed by atoms with Crippen LogP contribution in [0.25, 0.3) is 5.69 Å². The molecule has 0 bridgehead atoms. The number of nitrogens with zero attached hydrogens (tertiary/aromatic N) is 5. The predicted molar refractivity (Wildman–Crippen MR) is 103 cm³/mol. The Morgan fingerprint density at radius 3 is 2.50 bits per heavy atom. The summed E-state index contributed by atoms with van der Waals surface area (Å²) in [5.74, 6) is 2.48. The molecule has 3 aromatic rings. The third-order valence-electron chi connectivity index (χ3n) is 4.57. The van der Waals surface area contributed by atoms with Crippen LogP contribution in [-0.4, -0.2) is 33.0 Å². The summed E-state index contributed by atoms with van der Waals surface area (Å²) in [6, 6.07) is 10.5. The second-order valence-corrected chi connectivity index (χ2v) is 7.66. The number of anilines is 1. The van der Waals surface area contributed by atoms with Gasteiger partial charge in [0.2, 0.25) is 5.95 Å². The van der Waals surface area contributed by atoms with E-state index in [1.165, 1.54) is 24.8 Å². The van der Waals surface area contributed by atoms with Crippen LogP contribution < -0.4 is 4.90 Å². The Labute approximate surface area is 157 Å². The van der Waals surface area contributed by atoms with Crippen LogP contribution in [0.15, 0.2) is 40.0 Å². The summed E-state index contributed by atoms with van der Waals surface area (Å²) >= 11 is 1.64. The highest BCUT2D eigenvalue weighted by molar-refractivity contribution is 7.98. The number of rotatable bonds is 5. The minimum atomic E-state index is 0.710. The zero-order chi connectivity index (χ0) is 17.9. The van der Waals surface area contributed by atoms with E-state index >= 15 is 0 Å². The fourth-order valence-electron chi connectivity index (χ4n) is 3.20. The Kier molecular flexibility index (Phi) is 4.97. The van der Waals surface area contributed by atoms with Gasteiger partial charge in [-0.1, -0.05) is 34.6 Å².